The van der Waals surface area contributed by atoms with Crippen molar-refractivity contribution in [2.75, 3.05) is 13.7 Å². The molecule has 21 heavy (non-hydrogen) atoms. The number of ether oxygens (including phenoxy) is 2. The third-order valence-electron chi connectivity index (χ3n) is 2.93. The molecule has 1 aromatic heterocycles. The van der Waals surface area contributed by atoms with E-state index in [4.69, 9.17) is 13.9 Å². The molecule has 2 aromatic rings. The van der Waals surface area contributed by atoms with Gasteiger partial charge in [0.05, 0.1) is 7.11 Å². The quantitative estimate of drug-likeness (QED) is 0.753. The van der Waals surface area contributed by atoms with E-state index in [1.165, 1.54) is 0 Å². The zero-order chi connectivity index (χ0) is 15.1. The summed E-state index contributed by atoms with van der Waals surface area (Å²) in [6, 6.07) is 5.74. The average Bonchev–Trinajstić information content (AvgIpc) is 2.91. The standard InChI is InChI=1S/C15H21N3O3/c1-4-7-16-9-12-8-13(19-3)5-6-14(12)20-10-15-18-17-11(2)21-15/h5-6,8,16H,4,7,9-10H2,1-3H3. The van der Waals surface area contributed by atoms with Gasteiger partial charge in [0.25, 0.3) is 5.89 Å². The second-order valence-electron chi connectivity index (χ2n) is 4.65. The SMILES string of the molecule is CCCNCc1cc(OC)ccc1OCc1nnc(C)o1. The molecular formula is C15H21N3O3. The van der Waals surface area contributed by atoms with Crippen molar-refractivity contribution in [2.24, 2.45) is 0 Å². The molecule has 0 aliphatic carbocycles. The summed E-state index contributed by atoms with van der Waals surface area (Å²) in [7, 11) is 1.65. The Morgan fingerprint density at radius 3 is 2.81 bits per heavy atom. The fourth-order valence-electron chi connectivity index (χ4n) is 1.90. The van der Waals surface area contributed by atoms with Crippen LogP contribution in [-0.4, -0.2) is 23.9 Å². The summed E-state index contributed by atoms with van der Waals surface area (Å²) < 4.78 is 16.3. The minimum Gasteiger partial charge on any atom is -0.497 e. The highest BCUT2D eigenvalue weighted by atomic mass is 16.5. The van der Waals surface area contributed by atoms with Crippen LogP contribution in [0.1, 0.15) is 30.7 Å². The van der Waals surface area contributed by atoms with Crippen LogP contribution in [0.4, 0.5) is 0 Å². The van der Waals surface area contributed by atoms with Crippen LogP contribution in [0.5, 0.6) is 11.5 Å². The number of methoxy groups -OCH3 is 1. The van der Waals surface area contributed by atoms with Crippen molar-refractivity contribution >= 4 is 0 Å². The Kier molecular flexibility index (Phi) is 5.57. The van der Waals surface area contributed by atoms with Crippen molar-refractivity contribution in [1.82, 2.24) is 15.5 Å². The summed E-state index contributed by atoms with van der Waals surface area (Å²) in [6.07, 6.45) is 1.08. The van der Waals surface area contributed by atoms with Crippen LogP contribution < -0.4 is 14.8 Å². The Morgan fingerprint density at radius 1 is 1.29 bits per heavy atom. The summed E-state index contributed by atoms with van der Waals surface area (Å²) >= 11 is 0. The van der Waals surface area contributed by atoms with Crippen molar-refractivity contribution in [3.05, 3.63) is 35.5 Å². The van der Waals surface area contributed by atoms with E-state index >= 15 is 0 Å². The summed E-state index contributed by atoms with van der Waals surface area (Å²) in [5.74, 6) is 2.60. The molecule has 0 saturated heterocycles. The van der Waals surface area contributed by atoms with Crippen molar-refractivity contribution in [3.8, 4) is 11.5 Å². The molecule has 0 atom stereocenters. The van der Waals surface area contributed by atoms with E-state index in [0.717, 1.165) is 36.6 Å². The highest BCUT2D eigenvalue weighted by molar-refractivity contribution is 5.40. The lowest BCUT2D eigenvalue weighted by atomic mass is 10.2. The first kappa shape index (κ1) is 15.3. The molecule has 0 saturated carbocycles. The van der Waals surface area contributed by atoms with Crippen molar-refractivity contribution in [3.63, 3.8) is 0 Å². The van der Waals surface area contributed by atoms with Gasteiger partial charge in [0.2, 0.25) is 5.89 Å². The maximum atomic E-state index is 5.77. The molecule has 1 heterocycles. The average molecular weight is 291 g/mol. The van der Waals surface area contributed by atoms with Gasteiger partial charge in [0, 0.05) is 19.0 Å². The van der Waals surface area contributed by atoms with Crippen LogP contribution in [0.25, 0.3) is 0 Å². The van der Waals surface area contributed by atoms with Crippen LogP contribution in [0.15, 0.2) is 22.6 Å². The molecule has 0 unspecified atom stereocenters. The molecule has 0 bridgehead atoms. The second kappa shape index (κ2) is 7.64. The van der Waals surface area contributed by atoms with E-state index in [1.54, 1.807) is 14.0 Å². The number of aryl methyl sites for hydroxylation is 1. The van der Waals surface area contributed by atoms with Gasteiger partial charge in [0.1, 0.15) is 11.5 Å². The van der Waals surface area contributed by atoms with Gasteiger partial charge in [-0.05, 0) is 31.2 Å². The number of rotatable bonds is 8. The zero-order valence-corrected chi connectivity index (χ0v) is 12.7. The Labute approximate surface area is 124 Å². The molecule has 0 aliphatic rings. The zero-order valence-electron chi connectivity index (χ0n) is 12.7. The topological polar surface area (TPSA) is 69.4 Å². The highest BCUT2D eigenvalue weighted by Crippen LogP contribution is 2.25. The minimum atomic E-state index is 0.258. The molecule has 0 aliphatic heterocycles. The molecule has 0 fully saturated rings. The van der Waals surface area contributed by atoms with Crippen LogP contribution in [0.2, 0.25) is 0 Å². The summed E-state index contributed by atoms with van der Waals surface area (Å²) in [5.41, 5.74) is 1.04. The Balaban J connectivity index is 2.05. The maximum Gasteiger partial charge on any atom is 0.253 e. The third-order valence-corrected chi connectivity index (χ3v) is 2.93. The fraction of sp³-hybridized carbons (Fsp3) is 0.467. The Hall–Kier alpha value is -2.08. The molecule has 1 N–H and O–H groups in total. The van der Waals surface area contributed by atoms with Gasteiger partial charge >= 0.3 is 0 Å². The van der Waals surface area contributed by atoms with Crippen LogP contribution >= 0.6 is 0 Å². The normalized spacial score (nSPS) is 10.6. The molecular weight excluding hydrogens is 270 g/mol. The maximum absolute atomic E-state index is 5.77. The Bertz CT molecular complexity index is 569. The monoisotopic (exact) mass is 291 g/mol. The first-order valence-corrected chi connectivity index (χ1v) is 7.02. The summed E-state index contributed by atoms with van der Waals surface area (Å²) in [4.78, 5) is 0. The molecule has 6 heteroatoms. The van der Waals surface area contributed by atoms with Crippen LogP contribution in [-0.2, 0) is 13.2 Å². The smallest absolute Gasteiger partial charge is 0.253 e. The lowest BCUT2D eigenvalue weighted by Crippen LogP contribution is -2.14. The van der Waals surface area contributed by atoms with Gasteiger partial charge in [-0.15, -0.1) is 10.2 Å². The molecule has 6 nitrogen and oxygen atoms in total. The van der Waals surface area contributed by atoms with E-state index in [9.17, 15) is 0 Å². The van der Waals surface area contributed by atoms with Gasteiger partial charge < -0.3 is 19.2 Å². The molecule has 0 radical (unpaired) electrons. The predicted molar refractivity (Wildman–Crippen MR) is 78.4 cm³/mol. The van der Waals surface area contributed by atoms with Gasteiger partial charge in [-0.1, -0.05) is 6.92 Å². The lowest BCUT2D eigenvalue weighted by Gasteiger charge is -2.12. The Morgan fingerprint density at radius 2 is 2.14 bits per heavy atom. The van der Waals surface area contributed by atoms with E-state index in [-0.39, 0.29) is 6.61 Å². The summed E-state index contributed by atoms with van der Waals surface area (Å²) in [6.45, 7) is 5.83. The summed E-state index contributed by atoms with van der Waals surface area (Å²) in [5, 5.41) is 11.1. The number of hydrogen-bond acceptors (Lipinski definition) is 6. The number of nitrogens with one attached hydrogen (secondary N) is 1. The molecule has 114 valence electrons. The second-order valence-corrected chi connectivity index (χ2v) is 4.65. The lowest BCUT2D eigenvalue weighted by molar-refractivity contribution is 0.257. The minimum absolute atomic E-state index is 0.258. The van der Waals surface area contributed by atoms with E-state index < -0.39 is 0 Å². The van der Waals surface area contributed by atoms with E-state index in [0.29, 0.717) is 11.8 Å². The van der Waals surface area contributed by atoms with Crippen LogP contribution in [0, 0.1) is 6.92 Å². The van der Waals surface area contributed by atoms with Gasteiger partial charge in [-0.25, -0.2) is 0 Å². The molecule has 0 spiro atoms. The molecule has 2 rings (SSSR count). The van der Waals surface area contributed by atoms with Gasteiger partial charge in [-0.3, -0.25) is 0 Å². The highest BCUT2D eigenvalue weighted by Gasteiger charge is 2.08. The van der Waals surface area contributed by atoms with Crippen molar-refractivity contribution < 1.29 is 13.9 Å². The van der Waals surface area contributed by atoms with Gasteiger partial charge in [-0.2, -0.15) is 0 Å². The van der Waals surface area contributed by atoms with Crippen molar-refractivity contribution in [2.45, 2.75) is 33.4 Å². The predicted octanol–water partition coefficient (Wildman–Crippen LogP) is 2.47. The fourth-order valence-corrected chi connectivity index (χ4v) is 1.90. The number of hydrogen-bond donors (Lipinski definition) is 1. The first-order valence-electron chi connectivity index (χ1n) is 7.02. The molecule has 0 amide bonds. The number of benzene rings is 1. The third kappa shape index (κ3) is 4.46. The largest absolute Gasteiger partial charge is 0.497 e. The van der Waals surface area contributed by atoms with Gasteiger partial charge in [0.15, 0.2) is 6.61 Å². The number of aromatic nitrogens is 2. The van der Waals surface area contributed by atoms with E-state index in [2.05, 4.69) is 22.4 Å². The molecule has 1 aromatic carbocycles. The van der Waals surface area contributed by atoms with Crippen LogP contribution in [0.3, 0.4) is 0 Å². The van der Waals surface area contributed by atoms with Crippen molar-refractivity contribution in [1.29, 1.82) is 0 Å². The number of nitrogens with zero attached hydrogens (tertiary/aromatic N) is 2. The van der Waals surface area contributed by atoms with E-state index in [1.807, 2.05) is 18.2 Å². The first-order chi connectivity index (χ1) is 10.2.